The van der Waals surface area contributed by atoms with Crippen molar-refractivity contribution in [2.24, 2.45) is 11.8 Å². The number of ether oxygens (including phenoxy) is 1. The van der Waals surface area contributed by atoms with E-state index < -0.39 is 0 Å². The zero-order chi connectivity index (χ0) is 11.9. The van der Waals surface area contributed by atoms with Crippen molar-refractivity contribution >= 4 is 0 Å². The van der Waals surface area contributed by atoms with Gasteiger partial charge in [-0.1, -0.05) is 37.5 Å². The summed E-state index contributed by atoms with van der Waals surface area (Å²) in [6.07, 6.45) is 6.57. The summed E-state index contributed by atoms with van der Waals surface area (Å²) in [5, 5.41) is 0. The molecule has 1 saturated carbocycles. The lowest BCUT2D eigenvalue weighted by Crippen LogP contribution is -2.45. The van der Waals surface area contributed by atoms with Crippen molar-refractivity contribution in [3.63, 3.8) is 0 Å². The molecule has 1 unspecified atom stereocenters. The molecule has 1 fully saturated rings. The Balaban J connectivity index is 1.82. The van der Waals surface area contributed by atoms with Crippen LogP contribution >= 0.6 is 0 Å². The zero-order valence-corrected chi connectivity index (χ0v) is 10.3. The smallest absolute Gasteiger partial charge is 0.119 e. The van der Waals surface area contributed by atoms with E-state index in [1.165, 1.54) is 32.1 Å². The summed E-state index contributed by atoms with van der Waals surface area (Å²) < 4.78 is 5.77. The minimum absolute atomic E-state index is 0.274. The van der Waals surface area contributed by atoms with Crippen LogP contribution in [0.2, 0.25) is 0 Å². The summed E-state index contributed by atoms with van der Waals surface area (Å²) in [4.78, 5) is 0. The van der Waals surface area contributed by atoms with Gasteiger partial charge in [-0.05, 0) is 30.9 Å². The van der Waals surface area contributed by atoms with E-state index in [2.05, 4.69) is 5.43 Å². The minimum Gasteiger partial charge on any atom is -0.492 e. The van der Waals surface area contributed by atoms with Crippen LogP contribution in [0.1, 0.15) is 32.1 Å². The maximum absolute atomic E-state index is 5.77. The molecule has 1 aliphatic rings. The Hall–Kier alpha value is -1.06. The quantitative estimate of drug-likeness (QED) is 0.608. The van der Waals surface area contributed by atoms with Crippen molar-refractivity contribution in [1.82, 2.24) is 5.43 Å². The van der Waals surface area contributed by atoms with E-state index in [9.17, 15) is 0 Å². The van der Waals surface area contributed by atoms with Crippen LogP contribution in [0.15, 0.2) is 30.3 Å². The number of benzene rings is 1. The molecule has 3 N–H and O–H groups in total. The minimum atomic E-state index is 0.274. The summed E-state index contributed by atoms with van der Waals surface area (Å²) in [5.74, 6) is 7.22. The van der Waals surface area contributed by atoms with Crippen molar-refractivity contribution < 1.29 is 4.74 Å². The predicted molar refractivity (Wildman–Crippen MR) is 69.6 cm³/mol. The van der Waals surface area contributed by atoms with Crippen molar-refractivity contribution in [2.45, 2.75) is 38.1 Å². The highest BCUT2D eigenvalue weighted by molar-refractivity contribution is 5.20. The van der Waals surface area contributed by atoms with Crippen LogP contribution in [0, 0.1) is 5.92 Å². The Bertz CT molecular complexity index is 309. The summed E-state index contributed by atoms with van der Waals surface area (Å²) >= 11 is 0. The van der Waals surface area contributed by atoms with E-state index in [1.807, 2.05) is 30.3 Å². The van der Waals surface area contributed by atoms with Crippen LogP contribution in [0.5, 0.6) is 5.75 Å². The third-order valence-electron chi connectivity index (χ3n) is 3.61. The molecule has 0 aliphatic heterocycles. The van der Waals surface area contributed by atoms with Crippen LogP contribution in [0.25, 0.3) is 0 Å². The summed E-state index contributed by atoms with van der Waals surface area (Å²) in [6, 6.07) is 10.2. The molecule has 2 rings (SSSR count). The van der Waals surface area contributed by atoms with Crippen LogP contribution < -0.4 is 16.0 Å². The molecular formula is C14H22N2O. The first-order valence-electron chi connectivity index (χ1n) is 6.54. The van der Waals surface area contributed by atoms with Crippen molar-refractivity contribution in [3.05, 3.63) is 30.3 Å². The second-order valence-electron chi connectivity index (χ2n) is 4.80. The maximum Gasteiger partial charge on any atom is 0.119 e. The number of nitrogens with two attached hydrogens (primary N) is 1. The maximum atomic E-state index is 5.77. The van der Waals surface area contributed by atoms with Crippen LogP contribution in [-0.2, 0) is 0 Å². The number of hydrogen-bond acceptors (Lipinski definition) is 3. The van der Waals surface area contributed by atoms with Crippen molar-refractivity contribution in [2.75, 3.05) is 6.61 Å². The third-order valence-corrected chi connectivity index (χ3v) is 3.61. The van der Waals surface area contributed by atoms with E-state index in [0.29, 0.717) is 12.5 Å². The fraction of sp³-hybridized carbons (Fsp3) is 0.571. The average molecular weight is 234 g/mol. The Kier molecular flexibility index (Phi) is 4.83. The molecule has 17 heavy (non-hydrogen) atoms. The average Bonchev–Trinajstić information content (AvgIpc) is 2.42. The first-order valence-corrected chi connectivity index (χ1v) is 6.54. The van der Waals surface area contributed by atoms with E-state index in [-0.39, 0.29) is 6.04 Å². The fourth-order valence-electron chi connectivity index (χ4n) is 2.56. The van der Waals surface area contributed by atoms with Crippen LogP contribution in [-0.4, -0.2) is 12.6 Å². The Morgan fingerprint density at radius 2 is 1.88 bits per heavy atom. The Labute approximate surface area is 103 Å². The van der Waals surface area contributed by atoms with Gasteiger partial charge in [0.25, 0.3) is 0 Å². The molecular weight excluding hydrogens is 212 g/mol. The molecule has 1 atom stereocenters. The molecule has 0 amide bonds. The second kappa shape index (κ2) is 6.62. The highest BCUT2D eigenvalue weighted by atomic mass is 16.5. The van der Waals surface area contributed by atoms with Gasteiger partial charge in [0.05, 0.1) is 6.04 Å². The lowest BCUT2D eigenvalue weighted by Gasteiger charge is -2.29. The van der Waals surface area contributed by atoms with E-state index in [0.717, 1.165) is 5.75 Å². The van der Waals surface area contributed by atoms with E-state index in [1.54, 1.807) is 0 Å². The van der Waals surface area contributed by atoms with Crippen molar-refractivity contribution in [3.8, 4) is 5.75 Å². The number of hydrazine groups is 1. The topological polar surface area (TPSA) is 47.3 Å². The van der Waals surface area contributed by atoms with Gasteiger partial charge in [0.2, 0.25) is 0 Å². The molecule has 0 saturated heterocycles. The van der Waals surface area contributed by atoms with E-state index >= 15 is 0 Å². The molecule has 0 radical (unpaired) electrons. The lowest BCUT2D eigenvalue weighted by atomic mass is 9.84. The van der Waals surface area contributed by atoms with Crippen LogP contribution in [0.3, 0.4) is 0 Å². The van der Waals surface area contributed by atoms with Gasteiger partial charge in [-0.3, -0.25) is 11.3 Å². The van der Waals surface area contributed by atoms with Gasteiger partial charge >= 0.3 is 0 Å². The molecule has 0 aromatic heterocycles. The SMILES string of the molecule is NNC(COc1ccccc1)C1CCCCC1. The number of nitrogens with one attached hydrogen (secondary N) is 1. The summed E-state index contributed by atoms with van der Waals surface area (Å²) in [5.41, 5.74) is 2.92. The van der Waals surface area contributed by atoms with Crippen molar-refractivity contribution in [1.29, 1.82) is 0 Å². The Morgan fingerprint density at radius 3 is 2.53 bits per heavy atom. The van der Waals surface area contributed by atoms with Gasteiger partial charge in [0.1, 0.15) is 12.4 Å². The molecule has 0 spiro atoms. The number of rotatable bonds is 5. The highest BCUT2D eigenvalue weighted by Gasteiger charge is 2.23. The first kappa shape index (κ1) is 12.4. The highest BCUT2D eigenvalue weighted by Crippen LogP contribution is 2.26. The summed E-state index contributed by atoms with van der Waals surface area (Å²) in [6.45, 7) is 0.658. The van der Waals surface area contributed by atoms with Gasteiger partial charge in [-0.15, -0.1) is 0 Å². The standard InChI is InChI=1S/C14H22N2O/c15-16-14(12-7-3-1-4-8-12)11-17-13-9-5-2-6-10-13/h2,5-6,9-10,12,14,16H,1,3-4,7-8,11,15H2. The lowest BCUT2D eigenvalue weighted by molar-refractivity contribution is 0.186. The molecule has 94 valence electrons. The predicted octanol–water partition coefficient (Wildman–Crippen LogP) is 2.48. The number of para-hydroxylation sites is 1. The van der Waals surface area contributed by atoms with Gasteiger partial charge in [-0.2, -0.15) is 0 Å². The normalized spacial score (nSPS) is 18.9. The van der Waals surface area contributed by atoms with Gasteiger partial charge < -0.3 is 4.74 Å². The molecule has 1 aliphatic carbocycles. The molecule has 3 nitrogen and oxygen atoms in total. The molecule has 0 heterocycles. The molecule has 1 aromatic rings. The number of hydrogen-bond donors (Lipinski definition) is 2. The molecule has 1 aromatic carbocycles. The van der Waals surface area contributed by atoms with E-state index in [4.69, 9.17) is 10.6 Å². The van der Waals surface area contributed by atoms with Crippen LogP contribution in [0.4, 0.5) is 0 Å². The Morgan fingerprint density at radius 1 is 1.18 bits per heavy atom. The zero-order valence-electron chi connectivity index (χ0n) is 10.3. The van der Waals surface area contributed by atoms with Gasteiger partial charge in [0.15, 0.2) is 0 Å². The molecule has 0 bridgehead atoms. The first-order chi connectivity index (χ1) is 8.40. The van der Waals surface area contributed by atoms with Gasteiger partial charge in [-0.25, -0.2) is 0 Å². The van der Waals surface area contributed by atoms with Gasteiger partial charge in [0, 0.05) is 0 Å². The monoisotopic (exact) mass is 234 g/mol. The molecule has 3 heteroatoms. The third kappa shape index (κ3) is 3.72. The largest absolute Gasteiger partial charge is 0.492 e. The summed E-state index contributed by atoms with van der Waals surface area (Å²) in [7, 11) is 0. The fourth-order valence-corrected chi connectivity index (χ4v) is 2.56. The second-order valence-corrected chi connectivity index (χ2v) is 4.80.